The number of fused-ring (bicyclic) bond motifs is 1. The van der Waals surface area contributed by atoms with Crippen molar-refractivity contribution in [3.63, 3.8) is 0 Å². The Hall–Kier alpha value is -4.78. The van der Waals surface area contributed by atoms with Gasteiger partial charge < -0.3 is 19.7 Å². The van der Waals surface area contributed by atoms with Crippen LogP contribution in [0.25, 0.3) is 16.5 Å². The Kier molecular flexibility index (Phi) is 6.75. The Morgan fingerprint density at radius 3 is 2.21 bits per heavy atom. The van der Waals surface area contributed by atoms with Crippen molar-refractivity contribution >= 4 is 33.9 Å². The molecule has 1 atom stereocenters. The third kappa shape index (κ3) is 4.43. The first-order valence-corrected chi connectivity index (χ1v) is 12.4. The van der Waals surface area contributed by atoms with Gasteiger partial charge >= 0.3 is 0 Å². The van der Waals surface area contributed by atoms with Crippen molar-refractivity contribution in [3.8, 4) is 17.2 Å². The van der Waals surface area contributed by atoms with Crippen LogP contribution in [0.2, 0.25) is 0 Å². The standard InChI is InChI=1S/C31H27NO6/c1-3-37-25-16-13-23(18-26(25)38-4-2)32-28(20-11-14-24(33)15-12-20)27(30(35)31(32)36)29(34)22-10-9-19-7-5-6-8-21(19)17-22/h5-18,28,33-34H,3-4H2,1-2H3/b29-27-. The number of Topliss-reactive ketones (excluding diaryl/α,β-unsaturated/α-hetero) is 1. The predicted octanol–water partition coefficient (Wildman–Crippen LogP) is 5.97. The van der Waals surface area contributed by atoms with E-state index in [-0.39, 0.29) is 17.1 Å². The van der Waals surface area contributed by atoms with E-state index in [0.29, 0.717) is 41.5 Å². The summed E-state index contributed by atoms with van der Waals surface area (Å²) in [6.07, 6.45) is 0. The van der Waals surface area contributed by atoms with Gasteiger partial charge in [-0.3, -0.25) is 14.5 Å². The molecule has 0 bridgehead atoms. The molecule has 1 amide bonds. The van der Waals surface area contributed by atoms with E-state index in [4.69, 9.17) is 9.47 Å². The number of nitrogens with zero attached hydrogens (tertiary/aromatic N) is 1. The van der Waals surface area contributed by atoms with Crippen LogP contribution in [0, 0.1) is 0 Å². The van der Waals surface area contributed by atoms with Gasteiger partial charge in [0, 0.05) is 17.3 Å². The van der Waals surface area contributed by atoms with Crippen molar-refractivity contribution < 1.29 is 29.3 Å². The number of hydrogen-bond donors (Lipinski definition) is 2. The van der Waals surface area contributed by atoms with Crippen molar-refractivity contribution in [2.45, 2.75) is 19.9 Å². The second kappa shape index (κ2) is 10.3. The molecule has 1 unspecified atom stereocenters. The maximum atomic E-state index is 13.5. The molecule has 4 aromatic carbocycles. The van der Waals surface area contributed by atoms with Gasteiger partial charge in [-0.1, -0.05) is 48.5 Å². The minimum Gasteiger partial charge on any atom is -0.508 e. The Morgan fingerprint density at radius 1 is 0.816 bits per heavy atom. The number of ether oxygens (including phenoxy) is 2. The summed E-state index contributed by atoms with van der Waals surface area (Å²) in [7, 11) is 0. The summed E-state index contributed by atoms with van der Waals surface area (Å²) in [6, 6.07) is 23.4. The van der Waals surface area contributed by atoms with Gasteiger partial charge in [0.15, 0.2) is 11.5 Å². The molecule has 5 rings (SSSR count). The van der Waals surface area contributed by atoms with Crippen LogP contribution in [0.15, 0.2) is 90.5 Å². The highest BCUT2D eigenvalue weighted by molar-refractivity contribution is 6.51. The van der Waals surface area contributed by atoms with Gasteiger partial charge in [0.1, 0.15) is 11.5 Å². The van der Waals surface area contributed by atoms with Crippen LogP contribution in [0.5, 0.6) is 17.2 Å². The number of anilines is 1. The second-order valence-electron chi connectivity index (χ2n) is 8.82. The van der Waals surface area contributed by atoms with Gasteiger partial charge in [-0.25, -0.2) is 0 Å². The van der Waals surface area contributed by atoms with Crippen molar-refractivity contribution in [1.82, 2.24) is 0 Å². The van der Waals surface area contributed by atoms with Gasteiger partial charge in [0.25, 0.3) is 11.7 Å². The zero-order valence-electron chi connectivity index (χ0n) is 21.0. The van der Waals surface area contributed by atoms with E-state index < -0.39 is 17.7 Å². The van der Waals surface area contributed by atoms with Gasteiger partial charge in [0.2, 0.25) is 0 Å². The molecule has 1 saturated heterocycles. The number of aliphatic hydroxyl groups is 1. The number of carbonyl (C=O) groups excluding carboxylic acids is 2. The predicted molar refractivity (Wildman–Crippen MR) is 146 cm³/mol. The van der Waals surface area contributed by atoms with Crippen LogP contribution >= 0.6 is 0 Å². The topological polar surface area (TPSA) is 96.3 Å². The average Bonchev–Trinajstić information content (AvgIpc) is 3.19. The molecule has 192 valence electrons. The lowest BCUT2D eigenvalue weighted by molar-refractivity contribution is -0.132. The van der Waals surface area contributed by atoms with Crippen LogP contribution in [-0.2, 0) is 9.59 Å². The first-order valence-electron chi connectivity index (χ1n) is 12.4. The summed E-state index contributed by atoms with van der Waals surface area (Å²) in [5.41, 5.74) is 1.35. The monoisotopic (exact) mass is 509 g/mol. The lowest BCUT2D eigenvalue weighted by atomic mass is 9.94. The van der Waals surface area contributed by atoms with Crippen molar-refractivity contribution in [3.05, 3.63) is 102 Å². The van der Waals surface area contributed by atoms with E-state index >= 15 is 0 Å². The van der Waals surface area contributed by atoms with Crippen LogP contribution in [0.4, 0.5) is 5.69 Å². The maximum Gasteiger partial charge on any atom is 0.300 e. The van der Waals surface area contributed by atoms with E-state index in [1.165, 1.54) is 17.0 Å². The van der Waals surface area contributed by atoms with Crippen molar-refractivity contribution in [1.29, 1.82) is 0 Å². The average molecular weight is 510 g/mol. The van der Waals surface area contributed by atoms with E-state index in [2.05, 4.69) is 0 Å². The Balaban J connectivity index is 1.70. The smallest absolute Gasteiger partial charge is 0.300 e. The summed E-state index contributed by atoms with van der Waals surface area (Å²) < 4.78 is 11.4. The third-order valence-corrected chi connectivity index (χ3v) is 6.48. The minimum absolute atomic E-state index is 0.0391. The van der Waals surface area contributed by atoms with Gasteiger partial charge in [-0.15, -0.1) is 0 Å². The lowest BCUT2D eigenvalue weighted by Crippen LogP contribution is -2.29. The minimum atomic E-state index is -0.936. The highest BCUT2D eigenvalue weighted by atomic mass is 16.5. The fourth-order valence-corrected chi connectivity index (χ4v) is 4.75. The molecule has 1 aliphatic rings. The highest BCUT2D eigenvalue weighted by Crippen LogP contribution is 2.44. The summed E-state index contributed by atoms with van der Waals surface area (Å²) in [5, 5.41) is 23.2. The third-order valence-electron chi connectivity index (χ3n) is 6.48. The van der Waals surface area contributed by atoms with Gasteiger partial charge in [0.05, 0.1) is 24.8 Å². The SMILES string of the molecule is CCOc1ccc(N2C(=O)C(=O)/C(=C(\O)c3ccc4ccccc4c3)C2c2ccc(O)cc2)cc1OCC. The van der Waals surface area contributed by atoms with Gasteiger partial charge in [-0.05, 0) is 60.5 Å². The van der Waals surface area contributed by atoms with Crippen molar-refractivity contribution in [2.75, 3.05) is 18.1 Å². The van der Waals surface area contributed by atoms with Crippen molar-refractivity contribution in [2.24, 2.45) is 0 Å². The number of aromatic hydroxyl groups is 1. The number of benzene rings is 4. The van der Waals surface area contributed by atoms with E-state index in [9.17, 15) is 19.8 Å². The number of ketones is 1. The first-order chi connectivity index (χ1) is 18.4. The normalized spacial score (nSPS) is 16.7. The summed E-state index contributed by atoms with van der Waals surface area (Å²) >= 11 is 0. The van der Waals surface area contributed by atoms with E-state index in [1.807, 2.05) is 44.2 Å². The summed E-state index contributed by atoms with van der Waals surface area (Å²) in [5.74, 6) is -0.858. The summed E-state index contributed by atoms with van der Waals surface area (Å²) in [4.78, 5) is 28.3. The molecule has 1 heterocycles. The molecule has 4 aromatic rings. The number of phenolic OH excluding ortho intramolecular Hbond substituents is 1. The summed E-state index contributed by atoms with van der Waals surface area (Å²) in [6.45, 7) is 4.52. The van der Waals surface area contributed by atoms with E-state index in [1.54, 1.807) is 42.5 Å². The number of carbonyl (C=O) groups is 2. The number of rotatable bonds is 7. The quantitative estimate of drug-likeness (QED) is 0.181. The highest BCUT2D eigenvalue weighted by Gasteiger charge is 2.47. The van der Waals surface area contributed by atoms with Gasteiger partial charge in [-0.2, -0.15) is 0 Å². The molecule has 7 nitrogen and oxygen atoms in total. The molecule has 7 heteroatoms. The molecular weight excluding hydrogens is 482 g/mol. The molecule has 0 aromatic heterocycles. The number of amides is 1. The van der Waals surface area contributed by atoms with E-state index in [0.717, 1.165) is 10.8 Å². The fraction of sp³-hybridized carbons (Fsp3) is 0.161. The van der Waals surface area contributed by atoms with Crippen LogP contribution < -0.4 is 14.4 Å². The van der Waals surface area contributed by atoms with Crippen LogP contribution in [0.1, 0.15) is 31.0 Å². The molecule has 2 N–H and O–H groups in total. The fourth-order valence-electron chi connectivity index (χ4n) is 4.75. The Bertz CT molecular complexity index is 1560. The molecule has 1 fully saturated rings. The zero-order chi connectivity index (χ0) is 26.8. The molecule has 38 heavy (non-hydrogen) atoms. The molecule has 0 saturated carbocycles. The molecular formula is C31H27NO6. The Morgan fingerprint density at radius 2 is 1.50 bits per heavy atom. The molecule has 0 aliphatic carbocycles. The first kappa shape index (κ1) is 24.9. The Labute approximate surface area is 220 Å². The molecule has 0 radical (unpaired) electrons. The van der Waals surface area contributed by atoms with Crippen LogP contribution in [-0.4, -0.2) is 35.1 Å². The maximum absolute atomic E-state index is 13.5. The molecule has 1 aliphatic heterocycles. The number of aliphatic hydroxyl groups excluding tert-OH is 1. The lowest BCUT2D eigenvalue weighted by Gasteiger charge is -2.26. The van der Waals surface area contributed by atoms with Crippen LogP contribution in [0.3, 0.4) is 0 Å². The second-order valence-corrected chi connectivity index (χ2v) is 8.82. The zero-order valence-corrected chi connectivity index (χ0v) is 21.0. The molecule has 0 spiro atoms. The largest absolute Gasteiger partial charge is 0.508 e. The number of hydrogen-bond acceptors (Lipinski definition) is 6. The number of phenols is 1.